The Kier molecular flexibility index (Phi) is 4.77. The second-order valence-corrected chi connectivity index (χ2v) is 4.68. The van der Waals surface area contributed by atoms with Crippen molar-refractivity contribution >= 4 is 17.4 Å². The van der Waals surface area contributed by atoms with Crippen molar-refractivity contribution in [1.82, 2.24) is 9.88 Å². The highest BCUT2D eigenvalue weighted by atomic mass is 35.5. The molecule has 0 aliphatic carbocycles. The summed E-state index contributed by atoms with van der Waals surface area (Å²) in [5, 5.41) is 13.6. The molecule has 2 N–H and O–H groups in total. The molecule has 0 aromatic carbocycles. The van der Waals surface area contributed by atoms with Crippen LogP contribution in [0.5, 0.6) is 0 Å². The molecule has 0 bridgehead atoms. The van der Waals surface area contributed by atoms with E-state index < -0.39 is 6.35 Å². The molecule has 5 nitrogen and oxygen atoms in total. The third-order valence-electron chi connectivity index (χ3n) is 2.93. The van der Waals surface area contributed by atoms with E-state index >= 15 is 0 Å². The van der Waals surface area contributed by atoms with Crippen molar-refractivity contribution < 1.29 is 9.84 Å². The molecule has 1 saturated heterocycles. The zero-order chi connectivity index (χ0) is 13.0. The number of rotatable bonds is 5. The van der Waals surface area contributed by atoms with Crippen molar-refractivity contribution in [2.75, 3.05) is 25.0 Å². The van der Waals surface area contributed by atoms with Gasteiger partial charge in [-0.3, -0.25) is 4.90 Å². The minimum Gasteiger partial charge on any atom is -0.377 e. The molecular weight excluding hydrogens is 254 g/mol. The van der Waals surface area contributed by atoms with E-state index in [1.807, 2.05) is 11.8 Å². The molecule has 1 aliphatic heterocycles. The zero-order valence-corrected chi connectivity index (χ0v) is 11.1. The van der Waals surface area contributed by atoms with Crippen LogP contribution in [0.4, 0.5) is 5.82 Å². The van der Waals surface area contributed by atoms with Crippen molar-refractivity contribution in [3.05, 3.63) is 23.4 Å². The SMILES string of the molecule is CCO[C@@H]1CCN(C(O)Nc2ccc(Cl)cn2)C1. The van der Waals surface area contributed by atoms with Gasteiger partial charge in [0.25, 0.3) is 0 Å². The van der Waals surface area contributed by atoms with Crippen molar-refractivity contribution in [1.29, 1.82) is 0 Å². The fourth-order valence-corrected chi connectivity index (χ4v) is 2.14. The molecule has 1 fully saturated rings. The highest BCUT2D eigenvalue weighted by Gasteiger charge is 2.27. The van der Waals surface area contributed by atoms with Gasteiger partial charge >= 0.3 is 0 Å². The lowest BCUT2D eigenvalue weighted by Gasteiger charge is -2.24. The van der Waals surface area contributed by atoms with Gasteiger partial charge in [0.05, 0.1) is 11.1 Å². The van der Waals surface area contributed by atoms with Gasteiger partial charge in [0, 0.05) is 25.9 Å². The number of pyridine rings is 1. The minimum absolute atomic E-state index is 0.213. The number of likely N-dealkylation sites (tertiary alicyclic amines) is 1. The molecule has 1 unspecified atom stereocenters. The standard InChI is InChI=1S/C12H18ClN3O2/c1-2-18-10-5-6-16(8-10)12(17)15-11-4-3-9(13)7-14-11/h3-4,7,10,12,17H,2,5-6,8H2,1H3,(H,14,15)/t10-,12?/m1/s1. The molecule has 0 amide bonds. The predicted octanol–water partition coefficient (Wildman–Crippen LogP) is 1.53. The molecule has 18 heavy (non-hydrogen) atoms. The van der Waals surface area contributed by atoms with Gasteiger partial charge in [-0.2, -0.15) is 0 Å². The maximum Gasteiger partial charge on any atom is 0.185 e. The summed E-state index contributed by atoms with van der Waals surface area (Å²) >= 11 is 5.75. The lowest BCUT2D eigenvalue weighted by atomic mass is 10.3. The largest absolute Gasteiger partial charge is 0.377 e. The quantitative estimate of drug-likeness (QED) is 0.796. The van der Waals surface area contributed by atoms with E-state index in [9.17, 15) is 5.11 Å². The van der Waals surface area contributed by atoms with Crippen LogP contribution in [0.15, 0.2) is 18.3 Å². The van der Waals surface area contributed by atoms with Gasteiger partial charge in [0.1, 0.15) is 5.82 Å². The lowest BCUT2D eigenvalue weighted by molar-refractivity contribution is 0.0184. The maximum atomic E-state index is 10.0. The van der Waals surface area contributed by atoms with E-state index in [1.54, 1.807) is 18.3 Å². The number of aromatic nitrogens is 1. The number of hydrogen-bond acceptors (Lipinski definition) is 5. The summed E-state index contributed by atoms with van der Waals surface area (Å²) in [5.41, 5.74) is 0. The van der Waals surface area contributed by atoms with Crippen LogP contribution in [0.2, 0.25) is 5.02 Å². The Morgan fingerprint density at radius 1 is 1.67 bits per heavy atom. The Morgan fingerprint density at radius 3 is 3.17 bits per heavy atom. The van der Waals surface area contributed by atoms with Gasteiger partial charge in [-0.25, -0.2) is 4.98 Å². The van der Waals surface area contributed by atoms with Crippen LogP contribution in [-0.2, 0) is 4.74 Å². The number of hydrogen-bond donors (Lipinski definition) is 2. The molecule has 1 aromatic rings. The Labute approximate surface area is 112 Å². The molecule has 1 aliphatic rings. The van der Waals surface area contributed by atoms with Crippen LogP contribution in [0, 0.1) is 0 Å². The zero-order valence-electron chi connectivity index (χ0n) is 10.3. The average molecular weight is 272 g/mol. The van der Waals surface area contributed by atoms with E-state index in [4.69, 9.17) is 16.3 Å². The van der Waals surface area contributed by atoms with Crippen molar-refractivity contribution in [3.63, 3.8) is 0 Å². The fraction of sp³-hybridized carbons (Fsp3) is 0.583. The number of ether oxygens (including phenoxy) is 1. The predicted molar refractivity (Wildman–Crippen MR) is 70.5 cm³/mol. The number of halogens is 1. The topological polar surface area (TPSA) is 57.6 Å². The fourth-order valence-electron chi connectivity index (χ4n) is 2.03. The van der Waals surface area contributed by atoms with Crippen LogP contribution in [-0.4, -0.2) is 47.1 Å². The molecule has 2 atom stereocenters. The highest BCUT2D eigenvalue weighted by molar-refractivity contribution is 6.30. The van der Waals surface area contributed by atoms with Gasteiger partial charge in [-0.15, -0.1) is 0 Å². The van der Waals surface area contributed by atoms with Gasteiger partial charge in [-0.1, -0.05) is 11.6 Å². The maximum absolute atomic E-state index is 10.0. The van der Waals surface area contributed by atoms with Crippen molar-refractivity contribution in [2.24, 2.45) is 0 Å². The molecule has 0 radical (unpaired) electrons. The molecule has 0 spiro atoms. The van der Waals surface area contributed by atoms with Gasteiger partial charge in [0.15, 0.2) is 6.35 Å². The lowest BCUT2D eigenvalue weighted by Crippen LogP contribution is -2.40. The van der Waals surface area contributed by atoms with Crippen LogP contribution in [0.3, 0.4) is 0 Å². The van der Waals surface area contributed by atoms with Gasteiger partial charge in [0.2, 0.25) is 0 Å². The Balaban J connectivity index is 1.85. The summed E-state index contributed by atoms with van der Waals surface area (Å²) in [6, 6.07) is 3.47. The summed E-state index contributed by atoms with van der Waals surface area (Å²) in [7, 11) is 0. The van der Waals surface area contributed by atoms with E-state index in [-0.39, 0.29) is 6.10 Å². The van der Waals surface area contributed by atoms with Crippen LogP contribution >= 0.6 is 11.6 Å². The number of aliphatic hydroxyl groups is 1. The van der Waals surface area contributed by atoms with Crippen LogP contribution in [0.1, 0.15) is 13.3 Å². The molecular formula is C12H18ClN3O2. The monoisotopic (exact) mass is 271 g/mol. The summed E-state index contributed by atoms with van der Waals surface area (Å²) < 4.78 is 5.54. The van der Waals surface area contributed by atoms with Gasteiger partial charge < -0.3 is 15.2 Å². The summed E-state index contributed by atoms with van der Waals surface area (Å²) in [6.07, 6.45) is 1.96. The Bertz CT molecular complexity index is 374. The number of aliphatic hydroxyl groups excluding tert-OH is 1. The highest BCUT2D eigenvalue weighted by Crippen LogP contribution is 2.16. The minimum atomic E-state index is -0.746. The molecule has 2 rings (SSSR count). The second-order valence-electron chi connectivity index (χ2n) is 4.24. The number of nitrogens with one attached hydrogen (secondary N) is 1. The Morgan fingerprint density at radius 2 is 2.50 bits per heavy atom. The van der Waals surface area contributed by atoms with Crippen LogP contribution < -0.4 is 5.32 Å². The smallest absolute Gasteiger partial charge is 0.185 e. The van der Waals surface area contributed by atoms with Gasteiger partial charge in [-0.05, 0) is 25.5 Å². The van der Waals surface area contributed by atoms with E-state index in [0.717, 1.165) is 19.5 Å². The third kappa shape index (κ3) is 3.55. The molecule has 2 heterocycles. The first-order valence-electron chi connectivity index (χ1n) is 6.11. The number of anilines is 1. The molecule has 0 saturated carbocycles. The van der Waals surface area contributed by atoms with E-state index in [2.05, 4.69) is 10.3 Å². The first kappa shape index (κ1) is 13.5. The molecule has 1 aromatic heterocycles. The summed E-state index contributed by atoms with van der Waals surface area (Å²) in [6.45, 7) is 4.23. The second kappa shape index (κ2) is 6.33. The first-order valence-corrected chi connectivity index (χ1v) is 6.48. The Hall–Kier alpha value is -0.880. The van der Waals surface area contributed by atoms with Crippen molar-refractivity contribution in [2.45, 2.75) is 25.8 Å². The normalized spacial score (nSPS) is 22.1. The summed E-state index contributed by atoms with van der Waals surface area (Å²) in [4.78, 5) is 6.01. The molecule has 6 heteroatoms. The van der Waals surface area contributed by atoms with E-state index in [0.29, 0.717) is 17.4 Å². The molecule has 100 valence electrons. The van der Waals surface area contributed by atoms with Crippen molar-refractivity contribution in [3.8, 4) is 0 Å². The van der Waals surface area contributed by atoms with E-state index in [1.165, 1.54) is 0 Å². The van der Waals surface area contributed by atoms with Crippen LogP contribution in [0.25, 0.3) is 0 Å². The average Bonchev–Trinajstić information content (AvgIpc) is 2.81. The third-order valence-corrected chi connectivity index (χ3v) is 3.15. The summed E-state index contributed by atoms with van der Waals surface area (Å²) in [5.74, 6) is 0.603. The number of nitrogens with zero attached hydrogens (tertiary/aromatic N) is 2. The first-order chi connectivity index (χ1) is 8.69.